The molecule has 7 heteroatoms. The van der Waals surface area contributed by atoms with Gasteiger partial charge in [-0.05, 0) is 60.7 Å². The summed E-state index contributed by atoms with van der Waals surface area (Å²) < 4.78 is 2.73. The zero-order valence-corrected chi connectivity index (χ0v) is 13.8. The third-order valence-corrected chi connectivity index (χ3v) is 4.60. The highest BCUT2D eigenvalue weighted by molar-refractivity contribution is 14.1. The van der Waals surface area contributed by atoms with Crippen LogP contribution >= 0.6 is 22.6 Å². The van der Waals surface area contributed by atoms with Crippen LogP contribution in [0.4, 0.5) is 5.69 Å². The molecule has 0 saturated carbocycles. The standard InChI is InChI=1S/C14H15IN4O2/c1-8-13(15)9(2)19(18-8)7-12(20)17-11-5-3-10(4-6-11)14(16)21/h3-6H,7H2,1-2H3,(H2,16,21)(H,17,20). The molecular formula is C14H15IN4O2. The number of nitrogens with two attached hydrogens (primary N) is 1. The van der Waals surface area contributed by atoms with Crippen LogP contribution < -0.4 is 11.1 Å². The molecule has 0 radical (unpaired) electrons. The molecule has 2 amide bonds. The minimum atomic E-state index is -0.495. The number of nitrogens with one attached hydrogen (secondary N) is 1. The number of nitrogens with zero attached hydrogens (tertiary/aromatic N) is 2. The van der Waals surface area contributed by atoms with Gasteiger partial charge in [0.05, 0.1) is 9.26 Å². The van der Waals surface area contributed by atoms with Gasteiger partial charge < -0.3 is 11.1 Å². The molecule has 0 bridgehead atoms. The number of carbonyl (C=O) groups excluding carboxylic acids is 2. The Morgan fingerprint density at radius 2 is 1.90 bits per heavy atom. The predicted octanol–water partition coefficient (Wildman–Crippen LogP) is 1.84. The van der Waals surface area contributed by atoms with Crippen molar-refractivity contribution in [1.29, 1.82) is 0 Å². The van der Waals surface area contributed by atoms with Crippen molar-refractivity contribution in [3.05, 3.63) is 44.8 Å². The lowest BCUT2D eigenvalue weighted by atomic mass is 10.2. The Kier molecular flexibility index (Phi) is 4.61. The van der Waals surface area contributed by atoms with E-state index in [4.69, 9.17) is 5.73 Å². The Hall–Kier alpha value is -1.90. The third kappa shape index (κ3) is 3.60. The topological polar surface area (TPSA) is 90.0 Å². The van der Waals surface area contributed by atoms with E-state index in [0.717, 1.165) is 15.0 Å². The highest BCUT2D eigenvalue weighted by atomic mass is 127. The van der Waals surface area contributed by atoms with Gasteiger partial charge in [0.1, 0.15) is 6.54 Å². The molecule has 3 N–H and O–H groups in total. The SMILES string of the molecule is Cc1nn(CC(=O)Nc2ccc(C(N)=O)cc2)c(C)c1I. The molecule has 2 rings (SSSR count). The second-order valence-corrected chi connectivity index (χ2v) is 5.71. The summed E-state index contributed by atoms with van der Waals surface area (Å²) in [4.78, 5) is 23.0. The van der Waals surface area contributed by atoms with Gasteiger partial charge in [0.2, 0.25) is 11.8 Å². The lowest BCUT2D eigenvalue weighted by molar-refractivity contribution is -0.116. The first-order valence-electron chi connectivity index (χ1n) is 6.27. The molecule has 0 aliphatic heterocycles. The first-order chi connectivity index (χ1) is 9.88. The maximum Gasteiger partial charge on any atom is 0.248 e. The summed E-state index contributed by atoms with van der Waals surface area (Å²) in [7, 11) is 0. The molecule has 0 fully saturated rings. The van der Waals surface area contributed by atoms with Crippen molar-refractivity contribution in [1.82, 2.24) is 9.78 Å². The smallest absolute Gasteiger partial charge is 0.248 e. The van der Waals surface area contributed by atoms with E-state index in [1.54, 1.807) is 28.9 Å². The summed E-state index contributed by atoms with van der Waals surface area (Å²) in [6, 6.07) is 6.43. The summed E-state index contributed by atoms with van der Waals surface area (Å²) in [5.74, 6) is -0.672. The molecule has 0 aliphatic rings. The number of aromatic nitrogens is 2. The van der Waals surface area contributed by atoms with Crippen molar-refractivity contribution < 1.29 is 9.59 Å². The van der Waals surface area contributed by atoms with Gasteiger partial charge in [-0.1, -0.05) is 0 Å². The van der Waals surface area contributed by atoms with Crippen molar-refractivity contribution in [3.8, 4) is 0 Å². The summed E-state index contributed by atoms with van der Waals surface area (Å²) in [6.45, 7) is 3.98. The predicted molar refractivity (Wildman–Crippen MR) is 88.0 cm³/mol. The Morgan fingerprint density at radius 1 is 1.29 bits per heavy atom. The van der Waals surface area contributed by atoms with Crippen LogP contribution in [-0.2, 0) is 11.3 Å². The van der Waals surface area contributed by atoms with E-state index in [1.165, 1.54) is 0 Å². The number of amides is 2. The highest BCUT2D eigenvalue weighted by Gasteiger charge is 2.12. The molecule has 0 atom stereocenters. The Balaban J connectivity index is 2.04. The fourth-order valence-corrected chi connectivity index (χ4v) is 2.27. The molecule has 110 valence electrons. The van der Waals surface area contributed by atoms with E-state index < -0.39 is 5.91 Å². The van der Waals surface area contributed by atoms with Gasteiger partial charge in [-0.15, -0.1) is 0 Å². The lowest BCUT2D eigenvalue weighted by Gasteiger charge is -2.07. The van der Waals surface area contributed by atoms with Gasteiger partial charge in [0, 0.05) is 16.9 Å². The number of carbonyl (C=O) groups is 2. The minimum Gasteiger partial charge on any atom is -0.366 e. The Labute approximate surface area is 135 Å². The quantitative estimate of drug-likeness (QED) is 0.771. The lowest BCUT2D eigenvalue weighted by Crippen LogP contribution is -2.20. The highest BCUT2D eigenvalue weighted by Crippen LogP contribution is 2.15. The van der Waals surface area contributed by atoms with Gasteiger partial charge in [0.15, 0.2) is 0 Å². The number of hydrogen-bond donors (Lipinski definition) is 2. The molecule has 1 aromatic carbocycles. The zero-order valence-electron chi connectivity index (χ0n) is 11.7. The Morgan fingerprint density at radius 3 is 2.38 bits per heavy atom. The number of primary amides is 1. The van der Waals surface area contributed by atoms with Crippen LogP contribution in [0, 0.1) is 17.4 Å². The van der Waals surface area contributed by atoms with Crippen molar-refractivity contribution >= 4 is 40.1 Å². The molecule has 0 aliphatic carbocycles. The summed E-state index contributed by atoms with van der Waals surface area (Å²) in [5, 5.41) is 7.07. The second kappa shape index (κ2) is 6.25. The van der Waals surface area contributed by atoms with Gasteiger partial charge in [-0.25, -0.2) is 0 Å². The molecule has 0 saturated heterocycles. The second-order valence-electron chi connectivity index (χ2n) is 4.63. The molecule has 0 spiro atoms. The van der Waals surface area contributed by atoms with Crippen LogP contribution in [0.5, 0.6) is 0 Å². The van der Waals surface area contributed by atoms with Gasteiger partial charge >= 0.3 is 0 Å². The molecule has 1 heterocycles. The molecular weight excluding hydrogens is 383 g/mol. The van der Waals surface area contributed by atoms with E-state index >= 15 is 0 Å². The molecule has 2 aromatic rings. The molecule has 6 nitrogen and oxygen atoms in total. The van der Waals surface area contributed by atoms with E-state index in [1.807, 2.05) is 13.8 Å². The first-order valence-corrected chi connectivity index (χ1v) is 7.35. The van der Waals surface area contributed by atoms with E-state index in [2.05, 4.69) is 33.0 Å². The first kappa shape index (κ1) is 15.5. The average molecular weight is 398 g/mol. The molecule has 0 unspecified atom stereocenters. The Bertz CT molecular complexity index is 692. The molecule has 21 heavy (non-hydrogen) atoms. The summed E-state index contributed by atoms with van der Waals surface area (Å²) in [5.41, 5.74) is 8.05. The monoisotopic (exact) mass is 398 g/mol. The van der Waals surface area contributed by atoms with E-state index in [9.17, 15) is 9.59 Å². The van der Waals surface area contributed by atoms with Crippen molar-refractivity contribution in [3.63, 3.8) is 0 Å². The van der Waals surface area contributed by atoms with Gasteiger partial charge in [0.25, 0.3) is 0 Å². The summed E-state index contributed by atoms with van der Waals surface area (Å²) >= 11 is 2.21. The number of hydrogen-bond acceptors (Lipinski definition) is 3. The number of rotatable bonds is 4. The third-order valence-electron chi connectivity index (χ3n) is 3.04. The fraction of sp³-hybridized carbons (Fsp3) is 0.214. The fourth-order valence-electron chi connectivity index (χ4n) is 1.88. The largest absolute Gasteiger partial charge is 0.366 e. The average Bonchev–Trinajstić information content (AvgIpc) is 2.67. The van der Waals surface area contributed by atoms with Gasteiger partial charge in [-0.3, -0.25) is 14.3 Å². The van der Waals surface area contributed by atoms with Crippen molar-refractivity contribution in [2.24, 2.45) is 5.73 Å². The van der Waals surface area contributed by atoms with Crippen LogP contribution in [0.1, 0.15) is 21.7 Å². The van der Waals surface area contributed by atoms with Crippen LogP contribution in [0.3, 0.4) is 0 Å². The van der Waals surface area contributed by atoms with Crippen LogP contribution in [0.25, 0.3) is 0 Å². The number of benzene rings is 1. The van der Waals surface area contributed by atoms with Crippen molar-refractivity contribution in [2.45, 2.75) is 20.4 Å². The number of halogens is 1. The number of aryl methyl sites for hydroxylation is 1. The van der Waals surface area contributed by atoms with E-state index in [0.29, 0.717) is 11.3 Å². The maximum atomic E-state index is 12.0. The van der Waals surface area contributed by atoms with Crippen LogP contribution in [0.2, 0.25) is 0 Å². The summed E-state index contributed by atoms with van der Waals surface area (Å²) in [6.07, 6.45) is 0. The normalized spacial score (nSPS) is 10.4. The maximum absolute atomic E-state index is 12.0. The van der Waals surface area contributed by atoms with Gasteiger partial charge in [-0.2, -0.15) is 5.10 Å². The molecule has 1 aromatic heterocycles. The van der Waals surface area contributed by atoms with E-state index in [-0.39, 0.29) is 12.5 Å². The number of anilines is 1. The van der Waals surface area contributed by atoms with Crippen molar-refractivity contribution in [2.75, 3.05) is 5.32 Å². The van der Waals surface area contributed by atoms with Crippen LogP contribution in [0.15, 0.2) is 24.3 Å². The van der Waals surface area contributed by atoms with Crippen LogP contribution in [-0.4, -0.2) is 21.6 Å². The zero-order chi connectivity index (χ0) is 15.6. The minimum absolute atomic E-state index is 0.146.